The van der Waals surface area contributed by atoms with E-state index in [0.29, 0.717) is 18.7 Å². The quantitative estimate of drug-likeness (QED) is 0.864. The van der Waals surface area contributed by atoms with E-state index in [1.54, 1.807) is 4.90 Å². The van der Waals surface area contributed by atoms with Crippen molar-refractivity contribution in [3.63, 3.8) is 0 Å². The molecule has 0 bridgehead atoms. The molecule has 0 radical (unpaired) electrons. The third-order valence-corrected chi connectivity index (χ3v) is 3.22. The van der Waals surface area contributed by atoms with Crippen LogP contribution in [0.1, 0.15) is 23.2 Å². The molecule has 1 aromatic rings. The lowest BCUT2D eigenvalue weighted by atomic mass is 10.1. The molecule has 1 atom stereocenters. The molecule has 1 aromatic carbocycles. The molecule has 100 valence electrons. The topological polar surface area (TPSA) is 46.3 Å². The Morgan fingerprint density at radius 1 is 1.50 bits per heavy atom. The minimum absolute atomic E-state index is 0. The van der Waals surface area contributed by atoms with Gasteiger partial charge in [0.15, 0.2) is 0 Å². The molecule has 0 aromatic heterocycles. The maximum absolute atomic E-state index is 13.3. The fourth-order valence-electron chi connectivity index (χ4n) is 2.01. The molecule has 2 rings (SSSR count). The molecule has 3 nitrogen and oxygen atoms in total. The summed E-state index contributed by atoms with van der Waals surface area (Å²) in [4.78, 5) is 13.7. The van der Waals surface area contributed by atoms with Crippen LogP contribution in [-0.4, -0.2) is 29.9 Å². The van der Waals surface area contributed by atoms with Gasteiger partial charge in [0.1, 0.15) is 5.82 Å². The van der Waals surface area contributed by atoms with Gasteiger partial charge in [0.25, 0.3) is 5.91 Å². The highest BCUT2D eigenvalue weighted by molar-refractivity contribution is 6.30. The normalized spacial score (nSPS) is 19.3. The summed E-state index contributed by atoms with van der Waals surface area (Å²) in [6.45, 7) is 1.21. The van der Waals surface area contributed by atoms with Gasteiger partial charge in [-0.1, -0.05) is 11.6 Å². The highest BCUT2D eigenvalue weighted by Crippen LogP contribution is 2.18. The number of halogens is 3. The summed E-state index contributed by atoms with van der Waals surface area (Å²) >= 11 is 5.57. The first-order chi connectivity index (χ1) is 8.08. The Bertz CT molecular complexity index is 442. The van der Waals surface area contributed by atoms with E-state index >= 15 is 0 Å². The summed E-state index contributed by atoms with van der Waals surface area (Å²) in [7, 11) is 0. The van der Waals surface area contributed by atoms with Crippen molar-refractivity contribution < 1.29 is 9.18 Å². The SMILES string of the molecule is Cl.N[C@@H]1CCCN(C(=O)c2ccc(Cl)c(F)c2)C1. The Hall–Kier alpha value is -0.840. The van der Waals surface area contributed by atoms with E-state index in [1.165, 1.54) is 18.2 Å². The maximum atomic E-state index is 13.3. The van der Waals surface area contributed by atoms with Crippen LogP contribution in [0.5, 0.6) is 0 Å². The van der Waals surface area contributed by atoms with Crippen LogP contribution in [0.3, 0.4) is 0 Å². The average Bonchev–Trinajstić information content (AvgIpc) is 2.32. The second kappa shape index (κ2) is 6.36. The van der Waals surface area contributed by atoms with E-state index in [-0.39, 0.29) is 29.4 Å². The third kappa shape index (κ3) is 3.34. The number of hydrogen-bond donors (Lipinski definition) is 1. The van der Waals surface area contributed by atoms with Gasteiger partial charge in [0.05, 0.1) is 5.02 Å². The Kier molecular flexibility index (Phi) is 5.38. The molecule has 0 saturated carbocycles. The van der Waals surface area contributed by atoms with E-state index in [1.807, 2.05) is 0 Å². The number of nitrogens with two attached hydrogens (primary N) is 1. The van der Waals surface area contributed by atoms with Gasteiger partial charge in [-0.3, -0.25) is 4.79 Å². The average molecular weight is 293 g/mol. The first-order valence-corrected chi connectivity index (χ1v) is 5.95. The van der Waals surface area contributed by atoms with E-state index in [4.69, 9.17) is 17.3 Å². The Balaban J connectivity index is 0.00000162. The summed E-state index contributed by atoms with van der Waals surface area (Å²) in [6, 6.07) is 4.12. The molecular formula is C12H15Cl2FN2O. The molecule has 1 aliphatic rings. The lowest BCUT2D eigenvalue weighted by Gasteiger charge is -2.30. The van der Waals surface area contributed by atoms with E-state index < -0.39 is 5.82 Å². The Morgan fingerprint density at radius 3 is 2.83 bits per heavy atom. The number of amides is 1. The Labute approximate surface area is 116 Å². The number of piperidine rings is 1. The number of nitrogens with zero attached hydrogens (tertiary/aromatic N) is 1. The second-order valence-corrected chi connectivity index (χ2v) is 4.69. The van der Waals surface area contributed by atoms with Crippen molar-refractivity contribution in [2.45, 2.75) is 18.9 Å². The van der Waals surface area contributed by atoms with Crippen molar-refractivity contribution in [1.82, 2.24) is 4.90 Å². The number of likely N-dealkylation sites (tertiary alicyclic amines) is 1. The lowest BCUT2D eigenvalue weighted by Crippen LogP contribution is -2.45. The molecule has 1 amide bonds. The van der Waals surface area contributed by atoms with Crippen LogP contribution in [0, 0.1) is 5.82 Å². The molecule has 18 heavy (non-hydrogen) atoms. The van der Waals surface area contributed by atoms with Crippen LogP contribution in [0.2, 0.25) is 5.02 Å². The molecule has 0 spiro atoms. The smallest absolute Gasteiger partial charge is 0.254 e. The van der Waals surface area contributed by atoms with Gasteiger partial charge in [0, 0.05) is 24.7 Å². The molecule has 0 unspecified atom stereocenters. The largest absolute Gasteiger partial charge is 0.337 e. The number of carbonyl (C=O) groups is 1. The third-order valence-electron chi connectivity index (χ3n) is 2.91. The number of hydrogen-bond acceptors (Lipinski definition) is 2. The van der Waals surface area contributed by atoms with Crippen LogP contribution in [0.25, 0.3) is 0 Å². The van der Waals surface area contributed by atoms with E-state index in [2.05, 4.69) is 0 Å². The van der Waals surface area contributed by atoms with Crippen LogP contribution in [0.4, 0.5) is 4.39 Å². The highest BCUT2D eigenvalue weighted by Gasteiger charge is 2.22. The zero-order valence-corrected chi connectivity index (χ0v) is 11.3. The fraction of sp³-hybridized carbons (Fsp3) is 0.417. The van der Waals surface area contributed by atoms with Gasteiger partial charge in [-0.25, -0.2) is 4.39 Å². The van der Waals surface area contributed by atoms with Crippen molar-refractivity contribution in [2.75, 3.05) is 13.1 Å². The van der Waals surface area contributed by atoms with E-state index in [9.17, 15) is 9.18 Å². The molecule has 1 saturated heterocycles. The Morgan fingerprint density at radius 2 is 2.22 bits per heavy atom. The molecule has 1 fully saturated rings. The van der Waals surface area contributed by atoms with Gasteiger partial charge in [-0.2, -0.15) is 0 Å². The van der Waals surface area contributed by atoms with Crippen molar-refractivity contribution in [3.05, 3.63) is 34.6 Å². The highest BCUT2D eigenvalue weighted by atomic mass is 35.5. The first kappa shape index (κ1) is 15.2. The summed E-state index contributed by atoms with van der Waals surface area (Å²) in [5, 5.41) is 0.0249. The lowest BCUT2D eigenvalue weighted by molar-refractivity contribution is 0.0708. The predicted octanol–water partition coefficient (Wildman–Crippen LogP) is 2.46. The van der Waals surface area contributed by atoms with Crippen molar-refractivity contribution in [1.29, 1.82) is 0 Å². The molecule has 6 heteroatoms. The van der Waals surface area contributed by atoms with E-state index in [0.717, 1.165) is 12.8 Å². The minimum Gasteiger partial charge on any atom is -0.337 e. The monoisotopic (exact) mass is 292 g/mol. The fourth-order valence-corrected chi connectivity index (χ4v) is 2.12. The van der Waals surface area contributed by atoms with Gasteiger partial charge in [-0.15, -0.1) is 12.4 Å². The van der Waals surface area contributed by atoms with Crippen molar-refractivity contribution in [2.24, 2.45) is 5.73 Å². The van der Waals surface area contributed by atoms with Gasteiger partial charge >= 0.3 is 0 Å². The first-order valence-electron chi connectivity index (χ1n) is 5.58. The van der Waals surface area contributed by atoms with Crippen molar-refractivity contribution >= 4 is 29.9 Å². The zero-order chi connectivity index (χ0) is 12.4. The molecule has 1 heterocycles. The minimum atomic E-state index is -0.571. The summed E-state index contributed by atoms with van der Waals surface area (Å²) in [6.07, 6.45) is 1.82. The molecule has 1 aliphatic heterocycles. The van der Waals surface area contributed by atoms with Crippen LogP contribution in [0.15, 0.2) is 18.2 Å². The van der Waals surface area contributed by atoms with Crippen molar-refractivity contribution in [3.8, 4) is 0 Å². The van der Waals surface area contributed by atoms with Crippen LogP contribution >= 0.6 is 24.0 Å². The number of benzene rings is 1. The van der Waals surface area contributed by atoms with Gasteiger partial charge in [0.2, 0.25) is 0 Å². The number of carbonyl (C=O) groups excluding carboxylic acids is 1. The standard InChI is InChI=1S/C12H14ClFN2O.ClH/c13-10-4-3-8(6-11(10)14)12(17)16-5-1-2-9(15)7-16;/h3-4,6,9H,1-2,5,7,15H2;1H/t9-;/m1./s1. The van der Waals surface area contributed by atoms with Gasteiger partial charge < -0.3 is 10.6 Å². The van der Waals surface area contributed by atoms with Gasteiger partial charge in [-0.05, 0) is 31.0 Å². The number of rotatable bonds is 1. The summed E-state index contributed by atoms with van der Waals surface area (Å²) in [5.74, 6) is -0.755. The maximum Gasteiger partial charge on any atom is 0.254 e. The van der Waals surface area contributed by atoms with Crippen LogP contribution < -0.4 is 5.73 Å². The predicted molar refractivity (Wildman–Crippen MR) is 71.8 cm³/mol. The second-order valence-electron chi connectivity index (χ2n) is 4.28. The molecule has 2 N–H and O–H groups in total. The summed E-state index contributed by atoms with van der Waals surface area (Å²) < 4.78 is 13.3. The zero-order valence-electron chi connectivity index (χ0n) is 9.73. The molecule has 0 aliphatic carbocycles. The summed E-state index contributed by atoms with van der Waals surface area (Å²) in [5.41, 5.74) is 6.13. The van der Waals surface area contributed by atoms with Crippen LogP contribution in [-0.2, 0) is 0 Å². The molecular weight excluding hydrogens is 278 g/mol.